The van der Waals surface area contributed by atoms with Gasteiger partial charge in [0.25, 0.3) is 0 Å². The van der Waals surface area contributed by atoms with Gasteiger partial charge in [-0.15, -0.1) is 0 Å². The van der Waals surface area contributed by atoms with Crippen molar-refractivity contribution in [3.05, 3.63) is 53.2 Å². The van der Waals surface area contributed by atoms with Gasteiger partial charge >= 0.3 is 0 Å². The van der Waals surface area contributed by atoms with Crippen LogP contribution >= 0.6 is 0 Å². The van der Waals surface area contributed by atoms with Gasteiger partial charge in [-0.2, -0.15) is 5.10 Å². The van der Waals surface area contributed by atoms with Crippen LogP contribution in [-0.4, -0.2) is 25.7 Å². The Kier molecular flexibility index (Phi) is 3.88. The zero-order valence-electron chi connectivity index (χ0n) is 14.7. The van der Waals surface area contributed by atoms with Crippen LogP contribution in [0.1, 0.15) is 55.3 Å². The van der Waals surface area contributed by atoms with Gasteiger partial charge in [0, 0.05) is 31.4 Å². The predicted octanol–water partition coefficient (Wildman–Crippen LogP) is 3.10. The number of hydrogen-bond acceptors (Lipinski definition) is 3. The second-order valence-corrected chi connectivity index (χ2v) is 7.18. The van der Waals surface area contributed by atoms with Gasteiger partial charge in [-0.3, -0.25) is 4.68 Å². The molecular formula is C19H25N5. The minimum absolute atomic E-state index is 0.373. The van der Waals surface area contributed by atoms with Gasteiger partial charge in [0.05, 0.1) is 23.6 Å². The van der Waals surface area contributed by atoms with E-state index >= 15 is 0 Å². The molecule has 5 heteroatoms. The van der Waals surface area contributed by atoms with Crippen LogP contribution in [0.15, 0.2) is 30.6 Å². The van der Waals surface area contributed by atoms with Crippen LogP contribution in [-0.2, 0) is 19.5 Å². The lowest BCUT2D eigenvalue weighted by Gasteiger charge is -2.13. The molecule has 1 aliphatic heterocycles. The molecule has 1 unspecified atom stereocenters. The molecule has 0 fully saturated rings. The molecular weight excluding hydrogens is 298 g/mol. The number of hydrogen-bond donors (Lipinski definition) is 1. The first-order valence-electron chi connectivity index (χ1n) is 8.85. The summed E-state index contributed by atoms with van der Waals surface area (Å²) in [7, 11) is 0. The Balaban J connectivity index is 1.55. The highest BCUT2D eigenvalue weighted by Gasteiger charge is 2.17. The zero-order valence-corrected chi connectivity index (χ0v) is 14.7. The van der Waals surface area contributed by atoms with Crippen molar-refractivity contribution in [2.75, 3.05) is 6.54 Å². The molecule has 24 heavy (non-hydrogen) atoms. The summed E-state index contributed by atoms with van der Waals surface area (Å²) in [6.45, 7) is 9.58. The molecule has 1 atom stereocenters. The average molecular weight is 323 g/mol. The lowest BCUT2D eigenvalue weighted by molar-refractivity contribution is 0.471. The molecule has 5 nitrogen and oxygen atoms in total. The van der Waals surface area contributed by atoms with Crippen molar-refractivity contribution in [2.24, 2.45) is 0 Å². The molecule has 4 rings (SSSR count). The molecule has 0 radical (unpaired) electrons. The maximum Gasteiger partial charge on any atom is 0.136 e. The van der Waals surface area contributed by atoms with E-state index in [0.29, 0.717) is 11.8 Å². The molecule has 0 saturated heterocycles. The van der Waals surface area contributed by atoms with Crippen LogP contribution in [0.2, 0.25) is 0 Å². The third kappa shape index (κ3) is 2.84. The number of rotatable bonds is 4. The Bertz CT molecular complexity index is 834. The molecule has 3 aromatic heterocycles. The van der Waals surface area contributed by atoms with Crippen molar-refractivity contribution in [2.45, 2.75) is 52.1 Å². The van der Waals surface area contributed by atoms with E-state index in [1.807, 2.05) is 0 Å². The van der Waals surface area contributed by atoms with E-state index in [0.717, 1.165) is 37.4 Å². The standard InChI is InChI=1S/C19H25N5/c1-13(2)15-4-5-19-21-16(12-23(19)11-15)8-14(3)18-9-17-10-20-6-7-24(17)22-18/h4-5,9,11-14,20H,6-8,10H2,1-3H3. The number of nitrogens with zero attached hydrogens (tertiary/aromatic N) is 4. The Morgan fingerprint density at radius 1 is 1.21 bits per heavy atom. The van der Waals surface area contributed by atoms with Gasteiger partial charge in [-0.05, 0) is 30.0 Å². The first-order valence-corrected chi connectivity index (χ1v) is 8.85. The minimum atomic E-state index is 0.373. The first-order chi connectivity index (χ1) is 11.6. The smallest absolute Gasteiger partial charge is 0.136 e. The predicted molar refractivity (Wildman–Crippen MR) is 95.3 cm³/mol. The largest absolute Gasteiger partial charge is 0.309 e. The SMILES string of the molecule is CC(C)c1ccc2nc(CC(C)c3cc4n(n3)CCNC4)cn2c1. The third-order valence-electron chi connectivity index (χ3n) is 4.90. The first kappa shape index (κ1) is 15.4. The van der Waals surface area contributed by atoms with E-state index in [9.17, 15) is 0 Å². The summed E-state index contributed by atoms with van der Waals surface area (Å²) in [6.07, 6.45) is 5.28. The molecule has 1 aliphatic rings. The highest BCUT2D eigenvalue weighted by Crippen LogP contribution is 2.22. The Labute approximate surface area is 142 Å². The van der Waals surface area contributed by atoms with E-state index in [1.165, 1.54) is 17.0 Å². The summed E-state index contributed by atoms with van der Waals surface area (Å²) < 4.78 is 4.29. The quantitative estimate of drug-likeness (QED) is 0.802. The molecule has 0 aliphatic carbocycles. The third-order valence-corrected chi connectivity index (χ3v) is 4.90. The van der Waals surface area contributed by atoms with Crippen molar-refractivity contribution < 1.29 is 0 Å². The highest BCUT2D eigenvalue weighted by molar-refractivity contribution is 5.42. The zero-order chi connectivity index (χ0) is 16.7. The van der Waals surface area contributed by atoms with Crippen LogP contribution < -0.4 is 5.32 Å². The lowest BCUT2D eigenvalue weighted by atomic mass is 10.0. The molecule has 3 aromatic rings. The summed E-state index contributed by atoms with van der Waals surface area (Å²) in [5, 5.41) is 8.18. The second-order valence-electron chi connectivity index (χ2n) is 7.18. The van der Waals surface area contributed by atoms with Gasteiger partial charge in [0.1, 0.15) is 5.65 Å². The Hall–Kier alpha value is -2.14. The number of fused-ring (bicyclic) bond motifs is 2. The van der Waals surface area contributed by atoms with Crippen LogP contribution in [0.25, 0.3) is 5.65 Å². The minimum Gasteiger partial charge on any atom is -0.309 e. The molecule has 4 heterocycles. The lowest BCUT2D eigenvalue weighted by Crippen LogP contribution is -2.28. The van der Waals surface area contributed by atoms with Crippen LogP contribution in [0.5, 0.6) is 0 Å². The summed E-state index contributed by atoms with van der Waals surface area (Å²) in [6, 6.07) is 6.53. The van der Waals surface area contributed by atoms with Gasteiger partial charge in [-0.1, -0.05) is 26.8 Å². The van der Waals surface area contributed by atoms with Crippen LogP contribution in [0.3, 0.4) is 0 Å². The fraction of sp³-hybridized carbons (Fsp3) is 0.474. The molecule has 1 N–H and O–H groups in total. The second kappa shape index (κ2) is 6.06. The summed E-state index contributed by atoms with van der Waals surface area (Å²) in [5.41, 5.74) is 5.96. The topological polar surface area (TPSA) is 47.2 Å². The monoisotopic (exact) mass is 323 g/mol. The number of aromatic nitrogens is 4. The molecule has 126 valence electrons. The normalized spacial score (nSPS) is 15.8. The molecule has 0 amide bonds. The van der Waals surface area contributed by atoms with Gasteiger partial charge in [0.2, 0.25) is 0 Å². The number of nitrogens with one attached hydrogen (secondary N) is 1. The van der Waals surface area contributed by atoms with E-state index in [4.69, 9.17) is 10.1 Å². The molecule has 0 aromatic carbocycles. The fourth-order valence-electron chi connectivity index (χ4n) is 3.38. The van der Waals surface area contributed by atoms with Crippen molar-refractivity contribution in [3.8, 4) is 0 Å². The average Bonchev–Trinajstić information content (AvgIpc) is 3.17. The molecule has 0 bridgehead atoms. The van der Waals surface area contributed by atoms with Crippen molar-refractivity contribution in [1.82, 2.24) is 24.5 Å². The van der Waals surface area contributed by atoms with E-state index < -0.39 is 0 Å². The summed E-state index contributed by atoms with van der Waals surface area (Å²) >= 11 is 0. The maximum absolute atomic E-state index is 4.78. The van der Waals surface area contributed by atoms with Gasteiger partial charge < -0.3 is 9.72 Å². The highest BCUT2D eigenvalue weighted by atomic mass is 15.3. The fourth-order valence-corrected chi connectivity index (χ4v) is 3.38. The molecule has 0 spiro atoms. The van der Waals surface area contributed by atoms with E-state index in [2.05, 4.69) is 65.8 Å². The molecule has 0 saturated carbocycles. The van der Waals surface area contributed by atoms with Gasteiger partial charge in [0.15, 0.2) is 0 Å². The van der Waals surface area contributed by atoms with Crippen molar-refractivity contribution >= 4 is 5.65 Å². The Morgan fingerprint density at radius 3 is 2.88 bits per heavy atom. The van der Waals surface area contributed by atoms with Crippen LogP contribution in [0.4, 0.5) is 0 Å². The van der Waals surface area contributed by atoms with Crippen LogP contribution in [0, 0.1) is 0 Å². The van der Waals surface area contributed by atoms with Crippen molar-refractivity contribution in [3.63, 3.8) is 0 Å². The van der Waals surface area contributed by atoms with E-state index in [-0.39, 0.29) is 0 Å². The van der Waals surface area contributed by atoms with Crippen molar-refractivity contribution in [1.29, 1.82) is 0 Å². The van der Waals surface area contributed by atoms with Gasteiger partial charge in [-0.25, -0.2) is 4.98 Å². The summed E-state index contributed by atoms with van der Waals surface area (Å²) in [4.78, 5) is 4.78. The summed E-state index contributed by atoms with van der Waals surface area (Å²) in [5.74, 6) is 0.905. The Morgan fingerprint density at radius 2 is 2.08 bits per heavy atom. The number of pyridine rings is 1. The van der Waals surface area contributed by atoms with E-state index in [1.54, 1.807) is 0 Å². The number of imidazole rings is 1. The maximum atomic E-state index is 4.78.